The second-order valence-corrected chi connectivity index (χ2v) is 6.75. The zero-order valence-electron chi connectivity index (χ0n) is 12.3. The molecule has 4 heteroatoms. The average molecular weight is 300 g/mol. The van der Waals surface area contributed by atoms with Crippen LogP contribution in [0.1, 0.15) is 33.8 Å². The molecule has 0 spiro atoms. The minimum atomic E-state index is -0.0289. The summed E-state index contributed by atoms with van der Waals surface area (Å²) in [6.07, 6.45) is 3.89. The van der Waals surface area contributed by atoms with Crippen molar-refractivity contribution in [3.8, 4) is 0 Å². The summed E-state index contributed by atoms with van der Waals surface area (Å²) in [5.41, 5.74) is 2.10. The smallest absolute Gasteiger partial charge is 0.265 e. The van der Waals surface area contributed by atoms with Gasteiger partial charge < -0.3 is 10.2 Å². The van der Waals surface area contributed by atoms with Crippen LogP contribution in [0.5, 0.6) is 0 Å². The normalized spacial score (nSPS) is 15.0. The van der Waals surface area contributed by atoms with Crippen LogP contribution in [-0.4, -0.2) is 19.0 Å². The number of thiophene rings is 1. The molecule has 1 aromatic carbocycles. The van der Waals surface area contributed by atoms with Gasteiger partial charge in [0.2, 0.25) is 0 Å². The number of rotatable bonds is 3. The lowest BCUT2D eigenvalue weighted by atomic mass is 10.1. The summed E-state index contributed by atoms with van der Waals surface area (Å²) in [4.78, 5) is 16.4. The molecule has 110 valence electrons. The van der Waals surface area contributed by atoms with Gasteiger partial charge in [0.15, 0.2) is 0 Å². The first kappa shape index (κ1) is 14.1. The minimum Gasteiger partial charge on any atom is -0.372 e. The summed E-state index contributed by atoms with van der Waals surface area (Å²) in [7, 11) is 0. The first-order valence-electron chi connectivity index (χ1n) is 7.45. The predicted octanol–water partition coefficient (Wildman–Crippen LogP) is 4.30. The lowest BCUT2D eigenvalue weighted by molar-refractivity contribution is 0.103. The monoisotopic (exact) mass is 300 g/mol. The summed E-state index contributed by atoms with van der Waals surface area (Å²) < 4.78 is 0. The Kier molecular flexibility index (Phi) is 4.25. The van der Waals surface area contributed by atoms with Gasteiger partial charge >= 0.3 is 0 Å². The molecule has 0 atom stereocenters. The fourth-order valence-corrected chi connectivity index (χ4v) is 3.42. The van der Waals surface area contributed by atoms with E-state index in [0.29, 0.717) is 0 Å². The molecule has 2 heterocycles. The third-order valence-electron chi connectivity index (χ3n) is 3.81. The van der Waals surface area contributed by atoms with Gasteiger partial charge in [-0.1, -0.05) is 0 Å². The van der Waals surface area contributed by atoms with E-state index in [-0.39, 0.29) is 5.91 Å². The molecule has 1 aliphatic heterocycles. The summed E-state index contributed by atoms with van der Waals surface area (Å²) in [5.74, 6) is -0.0289. The molecular weight excluding hydrogens is 280 g/mol. The van der Waals surface area contributed by atoms with E-state index >= 15 is 0 Å². The Morgan fingerprint density at radius 3 is 2.38 bits per heavy atom. The highest BCUT2D eigenvalue weighted by molar-refractivity contribution is 7.14. The molecule has 0 saturated carbocycles. The van der Waals surface area contributed by atoms with Crippen molar-refractivity contribution >= 4 is 28.6 Å². The van der Waals surface area contributed by atoms with Crippen molar-refractivity contribution in [3.63, 3.8) is 0 Å². The van der Waals surface area contributed by atoms with E-state index in [1.165, 1.54) is 36.3 Å². The number of nitrogens with zero attached hydrogens (tertiary/aromatic N) is 1. The SMILES string of the molecule is Cc1ccc(C(=O)Nc2ccc(N3CCCCC3)cc2)s1. The van der Waals surface area contributed by atoms with Crippen LogP contribution in [0.2, 0.25) is 0 Å². The van der Waals surface area contributed by atoms with E-state index in [4.69, 9.17) is 0 Å². The number of benzene rings is 1. The molecule has 0 radical (unpaired) electrons. The number of hydrogen-bond donors (Lipinski definition) is 1. The molecule has 21 heavy (non-hydrogen) atoms. The molecule has 0 bridgehead atoms. The van der Waals surface area contributed by atoms with Gasteiger partial charge in [-0.15, -0.1) is 11.3 Å². The van der Waals surface area contributed by atoms with Crippen LogP contribution in [-0.2, 0) is 0 Å². The van der Waals surface area contributed by atoms with Crippen molar-refractivity contribution in [3.05, 3.63) is 46.2 Å². The number of piperidine rings is 1. The van der Waals surface area contributed by atoms with Gasteiger partial charge in [-0.3, -0.25) is 4.79 Å². The van der Waals surface area contributed by atoms with Crippen LogP contribution in [0, 0.1) is 6.92 Å². The van der Waals surface area contributed by atoms with Gasteiger partial charge in [0.25, 0.3) is 5.91 Å². The third-order valence-corrected chi connectivity index (χ3v) is 4.81. The second kappa shape index (κ2) is 6.31. The van der Waals surface area contributed by atoms with Crippen molar-refractivity contribution in [1.29, 1.82) is 0 Å². The molecule has 2 aromatic rings. The standard InChI is InChI=1S/C17H20N2OS/c1-13-5-10-16(21-13)17(20)18-14-6-8-15(9-7-14)19-11-3-2-4-12-19/h5-10H,2-4,11-12H2,1H3,(H,18,20). The van der Waals surface area contributed by atoms with Gasteiger partial charge in [-0.2, -0.15) is 0 Å². The molecule has 0 unspecified atom stereocenters. The first-order valence-corrected chi connectivity index (χ1v) is 8.27. The molecule has 1 amide bonds. The predicted molar refractivity (Wildman–Crippen MR) is 89.5 cm³/mol. The topological polar surface area (TPSA) is 32.3 Å². The van der Waals surface area contributed by atoms with Crippen LogP contribution in [0.4, 0.5) is 11.4 Å². The number of amides is 1. The Labute approximate surface area is 129 Å². The van der Waals surface area contributed by atoms with Crippen molar-refractivity contribution in [2.45, 2.75) is 26.2 Å². The Morgan fingerprint density at radius 2 is 1.76 bits per heavy atom. The van der Waals surface area contributed by atoms with Crippen molar-refractivity contribution in [1.82, 2.24) is 0 Å². The van der Waals surface area contributed by atoms with Crippen molar-refractivity contribution in [2.75, 3.05) is 23.3 Å². The summed E-state index contributed by atoms with van der Waals surface area (Å²) >= 11 is 1.52. The van der Waals surface area contributed by atoms with Crippen molar-refractivity contribution in [2.24, 2.45) is 0 Å². The molecule has 1 aliphatic rings. The van der Waals surface area contributed by atoms with Crippen LogP contribution in [0.15, 0.2) is 36.4 Å². The Hall–Kier alpha value is -1.81. The van der Waals surface area contributed by atoms with E-state index in [9.17, 15) is 4.79 Å². The summed E-state index contributed by atoms with van der Waals surface area (Å²) in [6, 6.07) is 12.0. The van der Waals surface area contributed by atoms with Gasteiger partial charge in [-0.25, -0.2) is 0 Å². The van der Waals surface area contributed by atoms with Gasteiger partial charge in [0.05, 0.1) is 4.88 Å². The van der Waals surface area contributed by atoms with E-state index in [2.05, 4.69) is 22.3 Å². The quantitative estimate of drug-likeness (QED) is 0.916. The number of aryl methyl sites for hydroxylation is 1. The first-order chi connectivity index (χ1) is 10.2. The maximum absolute atomic E-state index is 12.1. The van der Waals surface area contributed by atoms with Crippen molar-refractivity contribution < 1.29 is 4.79 Å². The maximum Gasteiger partial charge on any atom is 0.265 e. The second-order valence-electron chi connectivity index (χ2n) is 5.46. The minimum absolute atomic E-state index is 0.0289. The van der Waals surface area contributed by atoms with Crippen LogP contribution < -0.4 is 10.2 Å². The Bertz CT molecular complexity index is 612. The third kappa shape index (κ3) is 3.45. The van der Waals surface area contributed by atoms with Gasteiger partial charge in [0, 0.05) is 29.3 Å². The highest BCUT2D eigenvalue weighted by atomic mass is 32.1. The van der Waals surface area contributed by atoms with Crippen LogP contribution in [0.3, 0.4) is 0 Å². The van der Waals surface area contributed by atoms with E-state index in [0.717, 1.165) is 28.5 Å². The molecule has 1 fully saturated rings. The number of carbonyl (C=O) groups is 1. The van der Waals surface area contributed by atoms with E-state index < -0.39 is 0 Å². The Balaban J connectivity index is 1.65. The van der Waals surface area contributed by atoms with E-state index in [1.807, 2.05) is 31.2 Å². The molecule has 0 aliphatic carbocycles. The zero-order chi connectivity index (χ0) is 14.7. The van der Waals surface area contributed by atoms with Gasteiger partial charge in [0.1, 0.15) is 0 Å². The molecule has 3 rings (SSSR count). The summed E-state index contributed by atoms with van der Waals surface area (Å²) in [6.45, 7) is 4.29. The molecule has 1 aromatic heterocycles. The molecule has 1 saturated heterocycles. The average Bonchev–Trinajstić information content (AvgIpc) is 2.96. The number of hydrogen-bond acceptors (Lipinski definition) is 3. The largest absolute Gasteiger partial charge is 0.372 e. The van der Waals surface area contributed by atoms with Crippen LogP contribution in [0.25, 0.3) is 0 Å². The number of anilines is 2. The number of nitrogens with one attached hydrogen (secondary N) is 1. The molecule has 1 N–H and O–H groups in total. The number of carbonyl (C=O) groups excluding carboxylic acids is 1. The summed E-state index contributed by atoms with van der Waals surface area (Å²) in [5, 5.41) is 2.95. The zero-order valence-corrected chi connectivity index (χ0v) is 13.1. The fourth-order valence-electron chi connectivity index (χ4n) is 2.66. The molecular formula is C17H20N2OS. The Morgan fingerprint density at radius 1 is 1.05 bits per heavy atom. The lowest BCUT2D eigenvalue weighted by Gasteiger charge is -2.28. The highest BCUT2D eigenvalue weighted by Gasteiger charge is 2.11. The van der Waals surface area contributed by atoms with E-state index in [1.54, 1.807) is 0 Å². The lowest BCUT2D eigenvalue weighted by Crippen LogP contribution is -2.29. The van der Waals surface area contributed by atoms with Crippen LogP contribution >= 0.6 is 11.3 Å². The molecule has 3 nitrogen and oxygen atoms in total. The fraction of sp³-hybridized carbons (Fsp3) is 0.353. The highest BCUT2D eigenvalue weighted by Crippen LogP contribution is 2.23. The maximum atomic E-state index is 12.1. The van der Waals surface area contributed by atoms with Gasteiger partial charge in [-0.05, 0) is 62.6 Å².